The summed E-state index contributed by atoms with van der Waals surface area (Å²) in [6.07, 6.45) is -4.72. The van der Waals surface area contributed by atoms with Crippen LogP contribution in [0.4, 0.5) is 13.2 Å². The van der Waals surface area contributed by atoms with Crippen LogP contribution in [0.5, 0.6) is 11.6 Å². The van der Waals surface area contributed by atoms with Crippen LogP contribution in [0.2, 0.25) is 0 Å². The van der Waals surface area contributed by atoms with E-state index in [1.807, 2.05) is 0 Å². The van der Waals surface area contributed by atoms with Gasteiger partial charge in [0.2, 0.25) is 5.88 Å². The first-order chi connectivity index (χ1) is 12.4. The van der Waals surface area contributed by atoms with E-state index in [2.05, 4.69) is 5.10 Å². The molecule has 0 radical (unpaired) electrons. The van der Waals surface area contributed by atoms with Gasteiger partial charge in [-0.1, -0.05) is 42.5 Å². The maximum absolute atomic E-state index is 13.7. The molecule has 0 amide bonds. The van der Waals surface area contributed by atoms with E-state index in [0.717, 1.165) is 4.68 Å². The van der Waals surface area contributed by atoms with Crippen molar-refractivity contribution in [3.8, 4) is 11.6 Å². The lowest BCUT2D eigenvalue weighted by Crippen LogP contribution is -2.17. The summed E-state index contributed by atoms with van der Waals surface area (Å²) >= 11 is 0. The predicted molar refractivity (Wildman–Crippen MR) is 90.2 cm³/mol. The van der Waals surface area contributed by atoms with Crippen molar-refractivity contribution < 1.29 is 23.0 Å². The number of hydrogen-bond acceptors (Lipinski definition) is 3. The maximum atomic E-state index is 13.7. The molecule has 0 bridgehead atoms. The molecule has 4 nitrogen and oxygen atoms in total. The summed E-state index contributed by atoms with van der Waals surface area (Å²) in [5.41, 5.74) is 0.107. The van der Waals surface area contributed by atoms with Gasteiger partial charge in [0.05, 0.1) is 19.2 Å². The van der Waals surface area contributed by atoms with Crippen molar-refractivity contribution in [2.45, 2.75) is 19.1 Å². The fourth-order valence-electron chi connectivity index (χ4n) is 2.78. The van der Waals surface area contributed by atoms with E-state index in [9.17, 15) is 18.3 Å². The molecule has 0 atom stereocenters. The molecule has 26 heavy (non-hydrogen) atoms. The average molecular weight is 362 g/mol. The van der Waals surface area contributed by atoms with Gasteiger partial charge in [0.25, 0.3) is 0 Å². The quantitative estimate of drug-likeness (QED) is 0.738. The van der Waals surface area contributed by atoms with Crippen LogP contribution in [-0.4, -0.2) is 22.0 Å². The van der Waals surface area contributed by atoms with Crippen molar-refractivity contribution in [1.29, 1.82) is 0 Å². The number of benzene rings is 2. The topological polar surface area (TPSA) is 47.3 Å². The number of methoxy groups -OCH3 is 1. The summed E-state index contributed by atoms with van der Waals surface area (Å²) < 4.78 is 46.8. The number of hydrogen-bond donors (Lipinski definition) is 1. The van der Waals surface area contributed by atoms with E-state index in [4.69, 9.17) is 4.74 Å². The molecule has 1 aromatic heterocycles. The Balaban J connectivity index is 1.98. The number of nitrogens with zero attached hydrogens (tertiary/aromatic N) is 2. The Kier molecular flexibility index (Phi) is 4.88. The van der Waals surface area contributed by atoms with Crippen molar-refractivity contribution in [1.82, 2.24) is 9.78 Å². The zero-order valence-corrected chi connectivity index (χ0v) is 14.0. The van der Waals surface area contributed by atoms with Gasteiger partial charge in [-0.3, -0.25) is 4.68 Å². The van der Waals surface area contributed by atoms with E-state index in [1.165, 1.54) is 7.11 Å². The number of aromatic nitrogens is 2. The highest BCUT2D eigenvalue weighted by atomic mass is 19.4. The van der Waals surface area contributed by atoms with Gasteiger partial charge < -0.3 is 9.84 Å². The molecule has 136 valence electrons. The van der Waals surface area contributed by atoms with Crippen LogP contribution in [-0.2, 0) is 19.1 Å². The van der Waals surface area contributed by atoms with Crippen molar-refractivity contribution >= 4 is 0 Å². The Hall–Kier alpha value is -2.96. The fraction of sp³-hybridized carbons (Fsp3) is 0.211. The highest BCUT2D eigenvalue weighted by Crippen LogP contribution is 2.37. The lowest BCUT2D eigenvalue weighted by atomic mass is 10.0. The number of aromatic hydroxyl groups is 1. The molecule has 0 aliphatic carbocycles. The van der Waals surface area contributed by atoms with Gasteiger partial charge >= 0.3 is 6.18 Å². The second-order valence-electron chi connectivity index (χ2n) is 5.82. The fourth-order valence-corrected chi connectivity index (χ4v) is 2.78. The van der Waals surface area contributed by atoms with Gasteiger partial charge in [-0.2, -0.15) is 13.2 Å². The van der Waals surface area contributed by atoms with Gasteiger partial charge in [-0.05, 0) is 23.3 Å². The van der Waals surface area contributed by atoms with E-state index in [-0.39, 0.29) is 18.5 Å². The third kappa shape index (κ3) is 3.82. The van der Waals surface area contributed by atoms with E-state index in [1.54, 1.807) is 54.6 Å². The molecule has 0 unspecified atom stereocenters. The monoisotopic (exact) mass is 362 g/mol. The molecule has 1 heterocycles. The smallest absolute Gasteiger partial charge is 0.433 e. The van der Waals surface area contributed by atoms with E-state index < -0.39 is 17.8 Å². The van der Waals surface area contributed by atoms with E-state index >= 15 is 0 Å². The molecule has 3 aromatic rings. The highest BCUT2D eigenvalue weighted by Gasteiger charge is 2.40. The van der Waals surface area contributed by atoms with Crippen molar-refractivity contribution in [2.24, 2.45) is 0 Å². The molecule has 2 aromatic carbocycles. The Labute approximate surface area is 148 Å². The summed E-state index contributed by atoms with van der Waals surface area (Å²) in [5.74, 6) is -0.00198. The average Bonchev–Trinajstić information content (AvgIpc) is 2.91. The zero-order chi connectivity index (χ0) is 18.7. The Morgan fingerprint density at radius 3 is 2.23 bits per heavy atom. The van der Waals surface area contributed by atoms with Gasteiger partial charge in [0.15, 0.2) is 0 Å². The molecule has 0 spiro atoms. The van der Waals surface area contributed by atoms with Gasteiger partial charge in [0.1, 0.15) is 11.4 Å². The van der Waals surface area contributed by atoms with Crippen LogP contribution >= 0.6 is 0 Å². The van der Waals surface area contributed by atoms with Crippen LogP contribution in [0.15, 0.2) is 54.6 Å². The molecule has 0 saturated carbocycles. The lowest BCUT2D eigenvalue weighted by Gasteiger charge is -2.13. The Morgan fingerprint density at radius 1 is 1.00 bits per heavy atom. The van der Waals surface area contributed by atoms with Crippen LogP contribution < -0.4 is 4.74 Å². The molecule has 0 saturated heterocycles. The Morgan fingerprint density at radius 2 is 1.65 bits per heavy atom. The second kappa shape index (κ2) is 7.11. The lowest BCUT2D eigenvalue weighted by molar-refractivity contribution is -0.144. The van der Waals surface area contributed by atoms with Crippen LogP contribution in [0.1, 0.15) is 22.4 Å². The minimum absolute atomic E-state index is 0.0775. The first kappa shape index (κ1) is 17.8. The standard InChI is InChI=1S/C19H17F3N2O2/c1-26-15-9-7-13(8-10-15)11-16-17(19(20,21)22)24(23-18(16)25)12-14-5-3-2-4-6-14/h2-10H,11-12H2,1H3,(H,23,25). The molecular weight excluding hydrogens is 345 g/mol. The molecule has 0 aliphatic rings. The highest BCUT2D eigenvalue weighted by molar-refractivity contribution is 5.39. The molecule has 3 rings (SSSR count). The summed E-state index contributed by atoms with van der Waals surface area (Å²) in [5, 5.41) is 13.8. The number of rotatable bonds is 5. The maximum Gasteiger partial charge on any atom is 0.433 e. The minimum atomic E-state index is -4.63. The van der Waals surface area contributed by atoms with Crippen LogP contribution in [0.3, 0.4) is 0 Å². The first-order valence-electron chi connectivity index (χ1n) is 7.91. The van der Waals surface area contributed by atoms with Crippen LogP contribution in [0.25, 0.3) is 0 Å². The zero-order valence-electron chi connectivity index (χ0n) is 14.0. The molecule has 0 fully saturated rings. The molecule has 1 N–H and O–H groups in total. The molecule has 7 heteroatoms. The van der Waals surface area contributed by atoms with Gasteiger partial charge in [-0.25, -0.2) is 0 Å². The largest absolute Gasteiger partial charge is 0.497 e. The molecule has 0 aliphatic heterocycles. The minimum Gasteiger partial charge on any atom is -0.497 e. The SMILES string of the molecule is COc1ccc(Cc2c(O)nn(Cc3ccccc3)c2C(F)(F)F)cc1. The van der Waals surface area contributed by atoms with Gasteiger partial charge in [0, 0.05) is 6.42 Å². The van der Waals surface area contributed by atoms with E-state index in [0.29, 0.717) is 16.9 Å². The second-order valence-corrected chi connectivity index (χ2v) is 5.82. The van der Waals surface area contributed by atoms with Crippen LogP contribution in [0, 0.1) is 0 Å². The molecular formula is C19H17F3N2O2. The van der Waals surface area contributed by atoms with Crippen molar-refractivity contribution in [2.75, 3.05) is 7.11 Å². The summed E-state index contributed by atoms with van der Waals surface area (Å²) in [7, 11) is 1.51. The Bertz CT molecular complexity index is 872. The number of halogens is 3. The summed E-state index contributed by atoms with van der Waals surface area (Å²) in [6.45, 7) is -0.0775. The first-order valence-corrected chi connectivity index (χ1v) is 7.91. The third-order valence-corrected chi connectivity index (χ3v) is 4.01. The summed E-state index contributed by atoms with van der Waals surface area (Å²) in [6, 6.07) is 15.3. The van der Waals surface area contributed by atoms with Crippen molar-refractivity contribution in [3.05, 3.63) is 77.0 Å². The predicted octanol–water partition coefficient (Wildman–Crippen LogP) is 4.26. The van der Waals surface area contributed by atoms with Crippen molar-refractivity contribution in [3.63, 3.8) is 0 Å². The number of ether oxygens (including phenoxy) is 1. The third-order valence-electron chi connectivity index (χ3n) is 4.01. The normalized spacial score (nSPS) is 11.5. The number of alkyl halides is 3. The van der Waals surface area contributed by atoms with Gasteiger partial charge in [-0.15, -0.1) is 5.10 Å². The summed E-state index contributed by atoms with van der Waals surface area (Å²) in [4.78, 5) is 0.